The van der Waals surface area contributed by atoms with Gasteiger partial charge in [-0.2, -0.15) is 5.10 Å². The van der Waals surface area contributed by atoms with E-state index in [4.69, 9.17) is 0 Å². The Morgan fingerprint density at radius 1 is 1.42 bits per heavy atom. The molecule has 0 saturated carbocycles. The molecule has 0 spiro atoms. The van der Waals surface area contributed by atoms with E-state index in [9.17, 15) is 9.59 Å². The van der Waals surface area contributed by atoms with Crippen LogP contribution in [0.25, 0.3) is 10.6 Å². The van der Waals surface area contributed by atoms with Crippen molar-refractivity contribution in [2.45, 2.75) is 13.3 Å². The second-order valence-corrected chi connectivity index (χ2v) is 6.29. The summed E-state index contributed by atoms with van der Waals surface area (Å²) in [6, 6.07) is 7.13. The average molecular weight is 343 g/mol. The van der Waals surface area contributed by atoms with Crippen LogP contribution in [-0.4, -0.2) is 32.2 Å². The first-order valence-corrected chi connectivity index (χ1v) is 8.34. The summed E-state index contributed by atoms with van der Waals surface area (Å²) in [4.78, 5) is 31.6. The first-order chi connectivity index (χ1) is 11.5. The number of hydrogen-bond donors (Lipinski definition) is 2. The van der Waals surface area contributed by atoms with E-state index in [1.165, 1.54) is 6.07 Å². The Kier molecular flexibility index (Phi) is 4.57. The lowest BCUT2D eigenvalue weighted by Gasteiger charge is -2.05. The number of rotatable bonds is 5. The molecule has 0 aliphatic heterocycles. The molecular formula is C16H17N5O2S. The molecule has 0 aliphatic carbocycles. The number of aryl methyl sites for hydroxylation is 2. The number of aromatic amines is 1. The highest BCUT2D eigenvalue weighted by Crippen LogP contribution is 2.23. The predicted molar refractivity (Wildman–Crippen MR) is 92.2 cm³/mol. The van der Waals surface area contributed by atoms with Crippen molar-refractivity contribution in [1.29, 1.82) is 0 Å². The minimum absolute atomic E-state index is 0.184. The molecule has 0 fully saturated rings. The summed E-state index contributed by atoms with van der Waals surface area (Å²) < 4.78 is 1.57. The van der Waals surface area contributed by atoms with Gasteiger partial charge >= 0.3 is 0 Å². The molecule has 3 aromatic rings. The number of thiophene rings is 1. The van der Waals surface area contributed by atoms with E-state index < -0.39 is 0 Å². The number of carbonyl (C=O) groups is 1. The van der Waals surface area contributed by atoms with Gasteiger partial charge < -0.3 is 10.3 Å². The summed E-state index contributed by atoms with van der Waals surface area (Å²) in [5.74, 6) is 0.366. The van der Waals surface area contributed by atoms with Crippen LogP contribution >= 0.6 is 11.3 Å². The Morgan fingerprint density at radius 2 is 2.25 bits per heavy atom. The van der Waals surface area contributed by atoms with Gasteiger partial charge in [0.2, 0.25) is 0 Å². The van der Waals surface area contributed by atoms with E-state index in [1.807, 2.05) is 17.5 Å². The minimum atomic E-state index is -0.200. The first kappa shape index (κ1) is 16.1. The van der Waals surface area contributed by atoms with Gasteiger partial charge in [-0.1, -0.05) is 6.07 Å². The second kappa shape index (κ2) is 6.79. The van der Waals surface area contributed by atoms with Gasteiger partial charge in [0.05, 0.1) is 4.88 Å². The van der Waals surface area contributed by atoms with Crippen LogP contribution in [0.3, 0.4) is 0 Å². The molecular weight excluding hydrogens is 326 g/mol. The van der Waals surface area contributed by atoms with Crippen molar-refractivity contribution >= 4 is 17.2 Å². The van der Waals surface area contributed by atoms with E-state index in [0.717, 1.165) is 10.6 Å². The third kappa shape index (κ3) is 3.60. The molecule has 0 unspecified atom stereocenters. The highest BCUT2D eigenvalue weighted by Gasteiger charge is 2.14. The summed E-state index contributed by atoms with van der Waals surface area (Å²) in [6.07, 6.45) is 0.492. The first-order valence-electron chi connectivity index (χ1n) is 7.46. The Balaban J connectivity index is 1.64. The summed E-state index contributed by atoms with van der Waals surface area (Å²) in [6.45, 7) is 2.12. The normalized spacial score (nSPS) is 10.8. The molecule has 3 heterocycles. The van der Waals surface area contributed by atoms with Crippen LogP contribution < -0.4 is 10.9 Å². The summed E-state index contributed by atoms with van der Waals surface area (Å²) in [5, 5.41) is 9.18. The number of H-pyrrole nitrogens is 1. The van der Waals surface area contributed by atoms with Gasteiger partial charge in [-0.15, -0.1) is 11.3 Å². The number of nitrogens with zero attached hydrogens (tertiary/aromatic N) is 3. The minimum Gasteiger partial charge on any atom is -0.350 e. The molecule has 8 heteroatoms. The topological polar surface area (TPSA) is 92.7 Å². The maximum absolute atomic E-state index is 12.3. The Bertz CT molecular complexity index is 911. The fraction of sp³-hybridized carbons (Fsp3) is 0.250. The molecule has 0 saturated heterocycles. The molecule has 1 amide bonds. The van der Waals surface area contributed by atoms with Crippen LogP contribution in [0.1, 0.15) is 22.0 Å². The molecule has 0 atom stereocenters. The summed E-state index contributed by atoms with van der Waals surface area (Å²) >= 11 is 1.58. The Morgan fingerprint density at radius 3 is 2.96 bits per heavy atom. The van der Waals surface area contributed by atoms with Gasteiger partial charge in [-0.3, -0.25) is 14.3 Å². The zero-order valence-corrected chi connectivity index (χ0v) is 14.2. The Hall–Kier alpha value is -2.74. The molecule has 0 bridgehead atoms. The Labute approximate surface area is 142 Å². The van der Waals surface area contributed by atoms with Gasteiger partial charge in [0.1, 0.15) is 17.2 Å². The molecule has 7 nitrogen and oxygen atoms in total. The van der Waals surface area contributed by atoms with Gasteiger partial charge in [-0.25, -0.2) is 4.98 Å². The maximum atomic E-state index is 12.3. The van der Waals surface area contributed by atoms with E-state index in [1.54, 1.807) is 36.1 Å². The molecule has 2 N–H and O–H groups in total. The average Bonchev–Trinajstić information content (AvgIpc) is 3.15. The van der Waals surface area contributed by atoms with Gasteiger partial charge in [-0.05, 0) is 24.4 Å². The molecule has 124 valence electrons. The largest absolute Gasteiger partial charge is 0.350 e. The number of carbonyl (C=O) groups excluding carboxylic acids is 1. The van der Waals surface area contributed by atoms with Crippen LogP contribution in [0, 0.1) is 6.92 Å². The smallest absolute Gasteiger partial charge is 0.269 e. The lowest BCUT2D eigenvalue weighted by atomic mass is 10.2. The number of aromatic nitrogens is 4. The molecule has 3 rings (SSSR count). The third-order valence-corrected chi connectivity index (χ3v) is 4.36. The van der Waals surface area contributed by atoms with Crippen molar-refractivity contribution in [3.05, 3.63) is 57.2 Å². The van der Waals surface area contributed by atoms with Crippen molar-refractivity contribution in [2.75, 3.05) is 6.54 Å². The SMILES string of the molecule is Cc1nc(CCNC(=O)c2cc(-c3cccs3)nn2C)cc(=O)[nH]1. The van der Waals surface area contributed by atoms with Gasteiger partial charge in [0, 0.05) is 31.8 Å². The molecule has 0 aromatic carbocycles. The highest BCUT2D eigenvalue weighted by molar-refractivity contribution is 7.13. The van der Waals surface area contributed by atoms with Crippen molar-refractivity contribution in [2.24, 2.45) is 7.05 Å². The van der Waals surface area contributed by atoms with Crippen molar-refractivity contribution < 1.29 is 4.79 Å². The molecule has 0 aliphatic rings. The predicted octanol–water partition coefficient (Wildman–Crippen LogP) is 1.51. The van der Waals surface area contributed by atoms with Gasteiger partial charge in [0.15, 0.2) is 0 Å². The lowest BCUT2D eigenvalue weighted by molar-refractivity contribution is 0.0944. The monoisotopic (exact) mass is 343 g/mol. The van der Waals surface area contributed by atoms with Crippen LogP contribution in [-0.2, 0) is 13.5 Å². The molecule has 0 radical (unpaired) electrons. The van der Waals surface area contributed by atoms with Crippen LogP contribution in [0.15, 0.2) is 34.4 Å². The molecule has 3 aromatic heterocycles. The van der Waals surface area contributed by atoms with Crippen molar-refractivity contribution in [1.82, 2.24) is 25.1 Å². The van der Waals surface area contributed by atoms with Crippen LogP contribution in [0.5, 0.6) is 0 Å². The number of nitrogens with one attached hydrogen (secondary N) is 2. The number of hydrogen-bond acceptors (Lipinski definition) is 5. The number of amides is 1. The zero-order valence-electron chi connectivity index (χ0n) is 13.4. The highest BCUT2D eigenvalue weighted by atomic mass is 32.1. The van der Waals surface area contributed by atoms with Gasteiger partial charge in [0.25, 0.3) is 11.5 Å². The van der Waals surface area contributed by atoms with E-state index in [2.05, 4.69) is 20.4 Å². The maximum Gasteiger partial charge on any atom is 0.269 e. The fourth-order valence-corrected chi connectivity index (χ4v) is 3.07. The fourth-order valence-electron chi connectivity index (χ4n) is 2.39. The van der Waals surface area contributed by atoms with Crippen LogP contribution in [0.2, 0.25) is 0 Å². The van der Waals surface area contributed by atoms with Crippen LogP contribution in [0.4, 0.5) is 0 Å². The lowest BCUT2D eigenvalue weighted by Crippen LogP contribution is -2.28. The van der Waals surface area contributed by atoms with Crippen molar-refractivity contribution in [3.8, 4) is 10.6 Å². The van der Waals surface area contributed by atoms with E-state index >= 15 is 0 Å². The standard InChI is InChI=1S/C16H17N5O2S/c1-10-18-11(8-15(22)19-10)5-6-17-16(23)13-9-12(20-21(13)2)14-4-3-7-24-14/h3-4,7-9H,5-6H2,1-2H3,(H,17,23)(H,18,19,22). The van der Waals surface area contributed by atoms with E-state index in [0.29, 0.717) is 30.2 Å². The van der Waals surface area contributed by atoms with E-state index in [-0.39, 0.29) is 11.5 Å². The quantitative estimate of drug-likeness (QED) is 0.734. The molecule has 24 heavy (non-hydrogen) atoms. The third-order valence-electron chi connectivity index (χ3n) is 3.47. The zero-order chi connectivity index (χ0) is 17.1. The van der Waals surface area contributed by atoms with Crippen molar-refractivity contribution in [3.63, 3.8) is 0 Å². The summed E-state index contributed by atoms with van der Waals surface area (Å²) in [7, 11) is 1.74. The second-order valence-electron chi connectivity index (χ2n) is 5.34. The summed E-state index contributed by atoms with van der Waals surface area (Å²) in [5.41, 5.74) is 1.75.